The second kappa shape index (κ2) is 2.25. The molecule has 12 heavy (non-hydrogen) atoms. The molecule has 1 heteroatoms. The molecule has 0 bridgehead atoms. The molecule has 67 valence electrons. The smallest absolute Gasteiger partial charge is 0.0217 e. The van der Waals surface area contributed by atoms with E-state index in [1.54, 1.807) is 0 Å². The van der Waals surface area contributed by atoms with E-state index in [2.05, 4.69) is 11.8 Å². The van der Waals surface area contributed by atoms with E-state index in [9.17, 15) is 0 Å². The fraction of sp³-hybridized carbons (Fsp3) is 0.909. The summed E-state index contributed by atoms with van der Waals surface area (Å²) in [5.41, 5.74) is 0.385. The van der Waals surface area contributed by atoms with Crippen molar-refractivity contribution in [3.63, 3.8) is 0 Å². The molecular weight excluding hydrogens is 146 g/mol. The molecule has 0 aromatic rings. The first-order chi connectivity index (χ1) is 5.80. The third-order valence-electron chi connectivity index (χ3n) is 4.31. The third kappa shape index (κ3) is 0.783. The molecule has 3 aliphatic rings. The molecule has 0 aromatic heterocycles. The minimum atomic E-state index is 0.385. The second-order valence-electron chi connectivity index (χ2n) is 4.98. The van der Waals surface area contributed by atoms with E-state index in [-0.39, 0.29) is 0 Å². The average molecular weight is 164 g/mol. The van der Waals surface area contributed by atoms with Crippen LogP contribution >= 0.6 is 0 Å². The number of fused-ring (bicyclic) bond motifs is 3. The maximum absolute atomic E-state index is 4.44. The number of rotatable bonds is 0. The Balaban J connectivity index is 1.90. The highest BCUT2D eigenvalue weighted by molar-refractivity contribution is 5.10. The van der Waals surface area contributed by atoms with E-state index in [0.29, 0.717) is 5.54 Å². The summed E-state index contributed by atoms with van der Waals surface area (Å²) in [5, 5.41) is 0. The van der Waals surface area contributed by atoms with Gasteiger partial charge in [0.15, 0.2) is 0 Å². The van der Waals surface area contributed by atoms with Crippen LogP contribution in [0.4, 0.5) is 0 Å². The molecule has 3 unspecified atom stereocenters. The zero-order chi connectivity index (χ0) is 8.18. The maximum Gasteiger partial charge on any atom is 0.0217 e. The lowest BCUT2D eigenvalue weighted by molar-refractivity contribution is 0.185. The van der Waals surface area contributed by atoms with Gasteiger partial charge in [-0.3, -0.25) is 4.90 Å². The Labute approximate surface area is 75.1 Å². The molecule has 3 rings (SSSR count). The monoisotopic (exact) mass is 164 g/mol. The summed E-state index contributed by atoms with van der Waals surface area (Å²) in [4.78, 5) is 2.73. The predicted molar refractivity (Wildman–Crippen MR) is 49.8 cm³/mol. The Morgan fingerprint density at radius 1 is 1.25 bits per heavy atom. The quantitative estimate of drug-likeness (QED) is 0.530. The zero-order valence-corrected chi connectivity index (χ0v) is 7.76. The summed E-state index contributed by atoms with van der Waals surface area (Å²) in [6.45, 7) is 5.78. The van der Waals surface area contributed by atoms with Crippen molar-refractivity contribution >= 4 is 0 Å². The highest BCUT2D eigenvalue weighted by Gasteiger charge is 2.51. The lowest BCUT2D eigenvalue weighted by atomic mass is 9.91. The van der Waals surface area contributed by atoms with Crippen LogP contribution in [0.25, 0.3) is 0 Å². The van der Waals surface area contributed by atoms with Gasteiger partial charge in [0.2, 0.25) is 0 Å². The molecule has 1 saturated carbocycles. The van der Waals surface area contributed by atoms with Crippen LogP contribution in [0.3, 0.4) is 0 Å². The molecule has 1 radical (unpaired) electrons. The van der Waals surface area contributed by atoms with Gasteiger partial charge < -0.3 is 0 Å². The van der Waals surface area contributed by atoms with Crippen LogP contribution < -0.4 is 0 Å². The van der Waals surface area contributed by atoms with Crippen LogP contribution in [0.2, 0.25) is 0 Å². The van der Waals surface area contributed by atoms with Gasteiger partial charge in [-0.2, -0.15) is 0 Å². The maximum atomic E-state index is 4.44. The van der Waals surface area contributed by atoms with E-state index in [4.69, 9.17) is 0 Å². The van der Waals surface area contributed by atoms with Gasteiger partial charge in [-0.15, -0.1) is 0 Å². The molecule has 3 fully saturated rings. The first-order valence-corrected chi connectivity index (χ1v) is 5.42. The molecule has 2 heterocycles. The Kier molecular flexibility index (Phi) is 1.39. The van der Waals surface area contributed by atoms with Crippen molar-refractivity contribution in [3.05, 3.63) is 6.92 Å². The Morgan fingerprint density at radius 2 is 2.17 bits per heavy atom. The normalized spacial score (nSPS) is 52.8. The number of nitrogens with zero attached hydrogens (tertiary/aromatic N) is 1. The predicted octanol–water partition coefficient (Wildman–Crippen LogP) is 2.23. The van der Waals surface area contributed by atoms with Gasteiger partial charge in [-0.1, -0.05) is 6.42 Å². The Morgan fingerprint density at radius 3 is 3.08 bits per heavy atom. The van der Waals surface area contributed by atoms with E-state index in [1.165, 1.54) is 45.1 Å². The van der Waals surface area contributed by atoms with Gasteiger partial charge in [-0.05, 0) is 51.5 Å². The summed E-state index contributed by atoms with van der Waals surface area (Å²) >= 11 is 0. The summed E-state index contributed by atoms with van der Waals surface area (Å²) in [7, 11) is 0. The Hall–Kier alpha value is -0.0400. The molecule has 3 atom stereocenters. The number of hydrogen-bond acceptors (Lipinski definition) is 1. The lowest BCUT2D eigenvalue weighted by Gasteiger charge is -2.30. The largest absolute Gasteiger partial charge is 0.294 e. The number of hydrogen-bond donors (Lipinski definition) is 0. The van der Waals surface area contributed by atoms with Crippen LogP contribution in [-0.4, -0.2) is 23.0 Å². The van der Waals surface area contributed by atoms with E-state index >= 15 is 0 Å². The fourth-order valence-corrected chi connectivity index (χ4v) is 3.85. The van der Waals surface area contributed by atoms with Crippen LogP contribution in [0.15, 0.2) is 0 Å². The standard InChI is InChI=1S/C11H18N/c1-11-6-3-7-12(11)10-5-2-4-9(10)8-11/h9-10H,1-8H2. The van der Waals surface area contributed by atoms with Crippen molar-refractivity contribution in [1.82, 2.24) is 4.90 Å². The molecule has 0 aromatic carbocycles. The van der Waals surface area contributed by atoms with Crippen LogP contribution in [0.1, 0.15) is 38.5 Å². The van der Waals surface area contributed by atoms with Crippen LogP contribution in [0, 0.1) is 12.8 Å². The van der Waals surface area contributed by atoms with Crippen molar-refractivity contribution in [2.24, 2.45) is 5.92 Å². The second-order valence-corrected chi connectivity index (χ2v) is 4.98. The van der Waals surface area contributed by atoms with Gasteiger partial charge in [-0.25, -0.2) is 0 Å². The third-order valence-corrected chi connectivity index (χ3v) is 4.31. The van der Waals surface area contributed by atoms with Gasteiger partial charge in [0.1, 0.15) is 0 Å². The fourth-order valence-electron chi connectivity index (χ4n) is 3.85. The van der Waals surface area contributed by atoms with Crippen molar-refractivity contribution in [3.8, 4) is 0 Å². The van der Waals surface area contributed by atoms with E-state index in [1.807, 2.05) is 0 Å². The zero-order valence-electron chi connectivity index (χ0n) is 7.76. The van der Waals surface area contributed by atoms with E-state index < -0.39 is 0 Å². The van der Waals surface area contributed by atoms with Crippen LogP contribution in [-0.2, 0) is 0 Å². The minimum Gasteiger partial charge on any atom is -0.294 e. The molecule has 1 aliphatic carbocycles. The molecule has 0 spiro atoms. The van der Waals surface area contributed by atoms with Crippen molar-refractivity contribution in [2.45, 2.75) is 50.1 Å². The van der Waals surface area contributed by atoms with E-state index in [0.717, 1.165) is 12.0 Å². The molecular formula is C11H18N. The van der Waals surface area contributed by atoms with Crippen molar-refractivity contribution in [1.29, 1.82) is 0 Å². The minimum absolute atomic E-state index is 0.385. The van der Waals surface area contributed by atoms with Gasteiger partial charge in [0, 0.05) is 11.6 Å². The lowest BCUT2D eigenvalue weighted by Crippen LogP contribution is -2.39. The van der Waals surface area contributed by atoms with Gasteiger partial charge >= 0.3 is 0 Å². The SMILES string of the molecule is [CH2]C12CCCN1C1CCCC1C2. The Bertz CT molecular complexity index is 201. The van der Waals surface area contributed by atoms with Gasteiger partial charge in [0.25, 0.3) is 0 Å². The highest BCUT2D eigenvalue weighted by atomic mass is 15.3. The van der Waals surface area contributed by atoms with Crippen molar-refractivity contribution < 1.29 is 0 Å². The summed E-state index contributed by atoms with van der Waals surface area (Å²) in [6.07, 6.45) is 8.58. The summed E-state index contributed by atoms with van der Waals surface area (Å²) in [6, 6.07) is 0.935. The first kappa shape index (κ1) is 7.37. The molecule has 0 N–H and O–H groups in total. The molecule has 1 nitrogen and oxygen atoms in total. The van der Waals surface area contributed by atoms with Crippen LogP contribution in [0.5, 0.6) is 0 Å². The first-order valence-electron chi connectivity index (χ1n) is 5.42. The van der Waals surface area contributed by atoms with Crippen molar-refractivity contribution in [2.75, 3.05) is 6.54 Å². The van der Waals surface area contributed by atoms with Gasteiger partial charge in [0.05, 0.1) is 0 Å². The summed E-state index contributed by atoms with van der Waals surface area (Å²) in [5.74, 6) is 1.02. The average Bonchev–Trinajstić information content (AvgIpc) is 2.57. The molecule has 0 amide bonds. The highest BCUT2D eigenvalue weighted by Crippen LogP contribution is 2.50. The molecule has 2 saturated heterocycles. The summed E-state index contributed by atoms with van der Waals surface area (Å²) < 4.78 is 0. The topological polar surface area (TPSA) is 3.24 Å². The molecule has 2 aliphatic heterocycles.